The van der Waals surface area contributed by atoms with Crippen molar-refractivity contribution in [1.82, 2.24) is 9.97 Å². The lowest BCUT2D eigenvalue weighted by Gasteiger charge is -2.03. The number of aromatic nitrogens is 2. The molecule has 13 heavy (non-hydrogen) atoms. The molecule has 0 amide bonds. The van der Waals surface area contributed by atoms with Gasteiger partial charge in [0.05, 0.1) is 12.2 Å². The zero-order valence-corrected chi connectivity index (χ0v) is 8.60. The minimum absolute atomic E-state index is 0.0811. The molecule has 1 aromatic rings. The van der Waals surface area contributed by atoms with Gasteiger partial charge in [-0.3, -0.25) is 0 Å². The van der Waals surface area contributed by atoms with E-state index in [2.05, 4.69) is 16.9 Å². The fourth-order valence-corrected chi connectivity index (χ4v) is 1.86. The molecule has 1 unspecified atom stereocenters. The van der Waals surface area contributed by atoms with E-state index < -0.39 is 0 Å². The number of rotatable bonds is 3. The summed E-state index contributed by atoms with van der Waals surface area (Å²) in [7, 11) is 0. The lowest BCUT2D eigenvalue weighted by Crippen LogP contribution is -2.08. The number of thioether (sulfide) groups is 1. The van der Waals surface area contributed by atoms with Crippen LogP contribution in [0, 0.1) is 6.92 Å². The summed E-state index contributed by atoms with van der Waals surface area (Å²) in [5.41, 5.74) is 1.09. The van der Waals surface area contributed by atoms with E-state index in [1.54, 1.807) is 18.0 Å². The molecule has 0 aromatic carbocycles. The number of epoxide rings is 1. The highest BCUT2D eigenvalue weighted by atomic mass is 32.2. The molecule has 1 aliphatic rings. The van der Waals surface area contributed by atoms with Crippen LogP contribution in [-0.4, -0.2) is 27.9 Å². The molecule has 70 valence electrons. The summed E-state index contributed by atoms with van der Waals surface area (Å²) >= 11 is 1.66. The monoisotopic (exact) mass is 196 g/mol. The van der Waals surface area contributed by atoms with Crippen molar-refractivity contribution in [3.63, 3.8) is 0 Å². The molecule has 1 fully saturated rings. The standard InChI is InChI=1S/C9H12N2OS/c1-7-3-4-10-8(11-7)13-6-9(2)5-12-9/h3-4H,5-6H2,1-2H3. The van der Waals surface area contributed by atoms with Gasteiger partial charge < -0.3 is 4.74 Å². The van der Waals surface area contributed by atoms with Crippen molar-refractivity contribution in [1.29, 1.82) is 0 Å². The Morgan fingerprint density at radius 2 is 2.46 bits per heavy atom. The molecule has 0 N–H and O–H groups in total. The third kappa shape index (κ3) is 2.42. The maximum atomic E-state index is 5.27. The van der Waals surface area contributed by atoms with Crippen molar-refractivity contribution in [2.75, 3.05) is 12.4 Å². The Hall–Kier alpha value is -0.610. The molecular weight excluding hydrogens is 184 g/mol. The van der Waals surface area contributed by atoms with E-state index in [1.807, 2.05) is 13.0 Å². The molecule has 4 heteroatoms. The van der Waals surface area contributed by atoms with E-state index >= 15 is 0 Å². The van der Waals surface area contributed by atoms with Gasteiger partial charge in [0, 0.05) is 17.6 Å². The first-order valence-electron chi connectivity index (χ1n) is 4.24. The average Bonchev–Trinajstić information content (AvgIpc) is 2.82. The third-order valence-corrected chi connectivity index (χ3v) is 3.13. The van der Waals surface area contributed by atoms with Crippen LogP contribution in [0.1, 0.15) is 12.6 Å². The molecular formula is C9H12N2OS. The minimum atomic E-state index is 0.0811. The van der Waals surface area contributed by atoms with Gasteiger partial charge in [-0.1, -0.05) is 11.8 Å². The van der Waals surface area contributed by atoms with Gasteiger partial charge in [-0.2, -0.15) is 0 Å². The van der Waals surface area contributed by atoms with Crippen LogP contribution in [0.25, 0.3) is 0 Å². The largest absolute Gasteiger partial charge is 0.369 e. The van der Waals surface area contributed by atoms with Gasteiger partial charge in [0.15, 0.2) is 5.16 Å². The fraction of sp³-hybridized carbons (Fsp3) is 0.556. The number of aryl methyl sites for hydroxylation is 1. The van der Waals surface area contributed by atoms with Crippen LogP contribution in [0.15, 0.2) is 17.4 Å². The van der Waals surface area contributed by atoms with E-state index in [4.69, 9.17) is 4.74 Å². The summed E-state index contributed by atoms with van der Waals surface area (Å²) in [6, 6.07) is 1.90. The quantitative estimate of drug-likeness (QED) is 0.419. The van der Waals surface area contributed by atoms with Crippen LogP contribution in [0.5, 0.6) is 0 Å². The molecule has 1 aromatic heterocycles. The van der Waals surface area contributed by atoms with E-state index in [9.17, 15) is 0 Å². The van der Waals surface area contributed by atoms with Gasteiger partial charge in [0.1, 0.15) is 0 Å². The Bertz CT molecular complexity index is 312. The molecule has 0 bridgehead atoms. The van der Waals surface area contributed by atoms with Gasteiger partial charge in [-0.25, -0.2) is 9.97 Å². The van der Waals surface area contributed by atoms with E-state index in [-0.39, 0.29) is 5.60 Å². The lowest BCUT2D eigenvalue weighted by atomic mass is 10.3. The van der Waals surface area contributed by atoms with E-state index in [0.29, 0.717) is 0 Å². The predicted molar refractivity (Wildman–Crippen MR) is 51.9 cm³/mol. The zero-order valence-electron chi connectivity index (χ0n) is 7.78. The first kappa shape index (κ1) is 8.97. The molecule has 3 nitrogen and oxygen atoms in total. The van der Waals surface area contributed by atoms with Crippen LogP contribution in [0.2, 0.25) is 0 Å². The Morgan fingerprint density at radius 3 is 3.08 bits per heavy atom. The lowest BCUT2D eigenvalue weighted by molar-refractivity contribution is 0.348. The van der Waals surface area contributed by atoms with Crippen LogP contribution in [-0.2, 0) is 4.74 Å². The van der Waals surface area contributed by atoms with E-state index in [1.165, 1.54) is 0 Å². The summed E-state index contributed by atoms with van der Waals surface area (Å²) in [5.74, 6) is 0.941. The zero-order chi connectivity index (χ0) is 9.31. The summed E-state index contributed by atoms with van der Waals surface area (Å²) in [6.45, 7) is 4.95. The highest BCUT2D eigenvalue weighted by molar-refractivity contribution is 7.99. The minimum Gasteiger partial charge on any atom is -0.369 e. The SMILES string of the molecule is Cc1ccnc(SCC2(C)CO2)n1. The van der Waals surface area contributed by atoms with Crippen LogP contribution < -0.4 is 0 Å². The van der Waals surface area contributed by atoms with Crippen molar-refractivity contribution in [3.05, 3.63) is 18.0 Å². The second-order valence-electron chi connectivity index (χ2n) is 3.51. The summed E-state index contributed by atoms with van der Waals surface area (Å²) in [6.07, 6.45) is 1.79. The van der Waals surface area contributed by atoms with Crippen molar-refractivity contribution >= 4 is 11.8 Å². The molecule has 2 rings (SSSR count). The first-order chi connectivity index (χ1) is 6.18. The Kier molecular flexibility index (Phi) is 2.26. The number of nitrogens with zero attached hydrogens (tertiary/aromatic N) is 2. The van der Waals surface area contributed by atoms with Gasteiger partial charge in [-0.15, -0.1) is 0 Å². The maximum absolute atomic E-state index is 5.27. The molecule has 0 radical (unpaired) electrons. The first-order valence-corrected chi connectivity index (χ1v) is 5.23. The summed E-state index contributed by atoms with van der Waals surface area (Å²) in [5, 5.41) is 0.844. The number of ether oxygens (including phenoxy) is 1. The van der Waals surface area contributed by atoms with Crippen molar-refractivity contribution in [3.8, 4) is 0 Å². The fourth-order valence-electron chi connectivity index (χ4n) is 0.919. The number of hydrogen-bond donors (Lipinski definition) is 0. The predicted octanol–water partition coefficient (Wildman–Crippen LogP) is 1.67. The van der Waals surface area contributed by atoms with Gasteiger partial charge >= 0.3 is 0 Å². The number of hydrogen-bond acceptors (Lipinski definition) is 4. The normalized spacial score (nSPS) is 26.0. The molecule has 1 aliphatic heterocycles. The highest BCUT2D eigenvalue weighted by Gasteiger charge is 2.39. The molecule has 1 saturated heterocycles. The van der Waals surface area contributed by atoms with Crippen molar-refractivity contribution in [2.45, 2.75) is 24.6 Å². The Morgan fingerprint density at radius 1 is 1.69 bits per heavy atom. The summed E-state index contributed by atoms with van der Waals surface area (Å²) < 4.78 is 5.27. The second kappa shape index (κ2) is 3.27. The maximum Gasteiger partial charge on any atom is 0.187 e. The smallest absolute Gasteiger partial charge is 0.187 e. The van der Waals surface area contributed by atoms with Crippen LogP contribution in [0.4, 0.5) is 0 Å². The topological polar surface area (TPSA) is 38.3 Å². The molecule has 0 saturated carbocycles. The van der Waals surface area contributed by atoms with Gasteiger partial charge in [0.2, 0.25) is 0 Å². The van der Waals surface area contributed by atoms with Crippen LogP contribution in [0.3, 0.4) is 0 Å². The van der Waals surface area contributed by atoms with Crippen molar-refractivity contribution < 1.29 is 4.74 Å². The summed E-state index contributed by atoms with van der Waals surface area (Å²) in [4.78, 5) is 8.47. The Balaban J connectivity index is 1.94. The molecule has 0 aliphatic carbocycles. The van der Waals surface area contributed by atoms with Crippen LogP contribution >= 0.6 is 11.8 Å². The Labute approximate surface area is 81.9 Å². The van der Waals surface area contributed by atoms with Crippen molar-refractivity contribution in [2.24, 2.45) is 0 Å². The third-order valence-electron chi connectivity index (χ3n) is 1.92. The highest BCUT2D eigenvalue weighted by Crippen LogP contribution is 2.31. The second-order valence-corrected chi connectivity index (χ2v) is 4.45. The molecule has 2 heterocycles. The molecule has 0 spiro atoms. The molecule has 1 atom stereocenters. The van der Waals surface area contributed by atoms with E-state index in [0.717, 1.165) is 23.2 Å². The average molecular weight is 196 g/mol. The van der Waals surface area contributed by atoms with Gasteiger partial charge in [-0.05, 0) is 19.9 Å². The van der Waals surface area contributed by atoms with Gasteiger partial charge in [0.25, 0.3) is 0 Å².